The quantitative estimate of drug-likeness (QED) is 0.308. The number of hydrogen-bond donors (Lipinski definition) is 0. The van der Waals surface area contributed by atoms with Crippen molar-refractivity contribution in [3.63, 3.8) is 0 Å². The van der Waals surface area contributed by atoms with Gasteiger partial charge in [-0.3, -0.25) is 0 Å². The van der Waals surface area contributed by atoms with E-state index < -0.39 is 0 Å². The van der Waals surface area contributed by atoms with Crippen molar-refractivity contribution in [3.05, 3.63) is 34.7 Å². The topological polar surface area (TPSA) is 67.2 Å². The van der Waals surface area contributed by atoms with Crippen LogP contribution in [-0.4, -0.2) is 13.9 Å². The van der Waals surface area contributed by atoms with E-state index in [4.69, 9.17) is 15.0 Å². The molecule has 0 atom stereocenters. The Kier molecular flexibility index (Phi) is 3.63. The van der Waals surface area contributed by atoms with Crippen molar-refractivity contribution in [3.8, 4) is 5.75 Å². The van der Waals surface area contributed by atoms with Crippen LogP contribution in [0.2, 0.25) is 0 Å². The maximum absolute atomic E-state index is 8.14. The summed E-state index contributed by atoms with van der Waals surface area (Å²) in [6.45, 7) is 0.209. The number of hydrogen-bond acceptors (Lipinski definition) is 3. The molecule has 0 amide bonds. The predicted molar refractivity (Wildman–Crippen MR) is 47.8 cm³/mol. The number of rotatable bonds is 4. The second kappa shape index (κ2) is 5.03. The first kappa shape index (κ1) is 9.38. The molecule has 0 aromatic heterocycles. The Labute approximate surface area is 75.5 Å². The molecule has 0 aliphatic heterocycles. The molecule has 1 aromatic carbocycles. The lowest BCUT2D eigenvalue weighted by Crippen LogP contribution is -1.97. The fraction of sp³-hybridized carbons (Fsp3) is 0.250. The molecule has 0 N–H and O–H groups in total. The molecule has 1 aromatic rings. The number of nitrogens with zero attached hydrogens (tertiary/aromatic N) is 3. The number of methoxy groups -OCH3 is 1. The van der Waals surface area contributed by atoms with Crippen LogP contribution in [-0.2, 0) is 4.74 Å². The van der Waals surface area contributed by atoms with Crippen LogP contribution in [0.25, 0.3) is 10.4 Å². The van der Waals surface area contributed by atoms with Gasteiger partial charge in [-0.1, -0.05) is 5.11 Å². The molecule has 0 fully saturated rings. The summed E-state index contributed by atoms with van der Waals surface area (Å²) in [4.78, 5) is 2.66. The number of benzene rings is 1. The van der Waals surface area contributed by atoms with Crippen molar-refractivity contribution in [2.24, 2.45) is 5.11 Å². The average molecular weight is 179 g/mol. The maximum Gasteiger partial charge on any atom is 0.188 e. The Morgan fingerprint density at radius 2 is 2.08 bits per heavy atom. The molecule has 0 heterocycles. The van der Waals surface area contributed by atoms with Gasteiger partial charge in [0.05, 0.1) is 0 Å². The third-order valence-corrected chi connectivity index (χ3v) is 1.34. The largest absolute Gasteiger partial charge is 0.468 e. The van der Waals surface area contributed by atoms with Crippen LogP contribution < -0.4 is 4.74 Å². The lowest BCUT2D eigenvalue weighted by Gasteiger charge is -2.03. The van der Waals surface area contributed by atoms with E-state index >= 15 is 0 Å². The lowest BCUT2D eigenvalue weighted by atomic mass is 10.3. The van der Waals surface area contributed by atoms with E-state index in [1.807, 2.05) is 0 Å². The van der Waals surface area contributed by atoms with Crippen LogP contribution >= 0.6 is 0 Å². The van der Waals surface area contributed by atoms with Gasteiger partial charge < -0.3 is 9.47 Å². The van der Waals surface area contributed by atoms with Gasteiger partial charge in [0.2, 0.25) is 0 Å². The molecule has 1 rings (SSSR count). The first-order chi connectivity index (χ1) is 6.36. The summed E-state index contributed by atoms with van der Waals surface area (Å²) in [6.07, 6.45) is 0. The monoisotopic (exact) mass is 179 g/mol. The molecular weight excluding hydrogens is 170 g/mol. The maximum atomic E-state index is 8.14. The molecule has 0 spiro atoms. The van der Waals surface area contributed by atoms with Gasteiger partial charge in [0.15, 0.2) is 6.79 Å². The van der Waals surface area contributed by atoms with Crippen molar-refractivity contribution < 1.29 is 9.47 Å². The molecule has 0 unspecified atom stereocenters. The predicted octanol–water partition coefficient (Wildman–Crippen LogP) is 2.61. The Morgan fingerprint density at radius 1 is 1.38 bits per heavy atom. The standard InChI is InChI=1S/C8H9N3O2/c1-12-6-13-8-4-2-7(3-5-8)10-11-9/h2-5H,6H2,1H3. The van der Waals surface area contributed by atoms with Crippen LogP contribution in [0.1, 0.15) is 0 Å². The van der Waals surface area contributed by atoms with Crippen LogP contribution in [0.4, 0.5) is 5.69 Å². The van der Waals surface area contributed by atoms with Crippen molar-refractivity contribution in [2.75, 3.05) is 13.9 Å². The highest BCUT2D eigenvalue weighted by Crippen LogP contribution is 2.17. The average Bonchev–Trinajstić information content (AvgIpc) is 2.17. The van der Waals surface area contributed by atoms with E-state index in [2.05, 4.69) is 10.0 Å². The molecule has 0 saturated heterocycles. The minimum Gasteiger partial charge on any atom is -0.468 e. The zero-order valence-corrected chi connectivity index (χ0v) is 7.17. The number of azide groups is 1. The summed E-state index contributed by atoms with van der Waals surface area (Å²) in [7, 11) is 1.55. The molecule has 13 heavy (non-hydrogen) atoms. The smallest absolute Gasteiger partial charge is 0.188 e. The highest BCUT2D eigenvalue weighted by Gasteiger charge is 1.92. The Hall–Kier alpha value is -1.71. The SMILES string of the molecule is COCOc1ccc(N=[N+]=[N-])cc1. The van der Waals surface area contributed by atoms with E-state index in [-0.39, 0.29) is 6.79 Å². The fourth-order valence-corrected chi connectivity index (χ4v) is 0.788. The van der Waals surface area contributed by atoms with E-state index in [1.54, 1.807) is 31.4 Å². The van der Waals surface area contributed by atoms with Crippen molar-refractivity contribution >= 4 is 5.69 Å². The Morgan fingerprint density at radius 3 is 2.62 bits per heavy atom. The van der Waals surface area contributed by atoms with E-state index in [9.17, 15) is 0 Å². The van der Waals surface area contributed by atoms with Gasteiger partial charge in [-0.2, -0.15) is 0 Å². The number of ether oxygens (including phenoxy) is 2. The normalized spacial score (nSPS) is 9.00. The summed E-state index contributed by atoms with van der Waals surface area (Å²) in [5.41, 5.74) is 8.70. The van der Waals surface area contributed by atoms with Gasteiger partial charge in [-0.05, 0) is 29.8 Å². The highest BCUT2D eigenvalue weighted by atomic mass is 16.7. The van der Waals surface area contributed by atoms with Gasteiger partial charge in [0, 0.05) is 17.7 Å². The van der Waals surface area contributed by atoms with Gasteiger partial charge >= 0.3 is 0 Å². The van der Waals surface area contributed by atoms with E-state index in [1.165, 1.54) is 0 Å². The van der Waals surface area contributed by atoms with Crippen molar-refractivity contribution in [1.82, 2.24) is 0 Å². The van der Waals surface area contributed by atoms with Crippen LogP contribution in [0.3, 0.4) is 0 Å². The van der Waals surface area contributed by atoms with Gasteiger partial charge in [0.1, 0.15) is 5.75 Å². The second-order valence-corrected chi connectivity index (χ2v) is 2.23. The van der Waals surface area contributed by atoms with Crippen LogP contribution in [0.15, 0.2) is 29.4 Å². The molecule has 0 radical (unpaired) electrons. The van der Waals surface area contributed by atoms with Gasteiger partial charge in [-0.15, -0.1) is 0 Å². The van der Waals surface area contributed by atoms with Gasteiger partial charge in [0.25, 0.3) is 0 Å². The zero-order chi connectivity index (χ0) is 9.52. The van der Waals surface area contributed by atoms with Gasteiger partial charge in [-0.25, -0.2) is 0 Å². The molecule has 5 nitrogen and oxygen atoms in total. The molecule has 0 saturated carbocycles. The molecule has 0 aliphatic rings. The molecule has 5 heteroatoms. The Bertz CT molecular complexity index is 304. The Balaban J connectivity index is 2.63. The summed E-state index contributed by atoms with van der Waals surface area (Å²) < 4.78 is 9.85. The fourth-order valence-electron chi connectivity index (χ4n) is 0.788. The van der Waals surface area contributed by atoms with Crippen LogP contribution in [0.5, 0.6) is 5.75 Å². The third-order valence-electron chi connectivity index (χ3n) is 1.34. The first-order valence-corrected chi connectivity index (χ1v) is 3.63. The molecular formula is C8H9N3O2. The summed E-state index contributed by atoms with van der Waals surface area (Å²) >= 11 is 0. The highest BCUT2D eigenvalue weighted by molar-refractivity contribution is 5.40. The second-order valence-electron chi connectivity index (χ2n) is 2.23. The summed E-state index contributed by atoms with van der Waals surface area (Å²) in [6, 6.07) is 6.77. The minimum atomic E-state index is 0.209. The minimum absolute atomic E-state index is 0.209. The van der Waals surface area contributed by atoms with Crippen LogP contribution in [0, 0.1) is 0 Å². The third kappa shape index (κ3) is 3.02. The molecule has 68 valence electrons. The van der Waals surface area contributed by atoms with E-state index in [0.717, 1.165) is 0 Å². The zero-order valence-electron chi connectivity index (χ0n) is 7.17. The molecule has 0 bridgehead atoms. The lowest BCUT2D eigenvalue weighted by molar-refractivity contribution is 0.0511. The van der Waals surface area contributed by atoms with Crippen molar-refractivity contribution in [1.29, 1.82) is 0 Å². The molecule has 0 aliphatic carbocycles. The summed E-state index contributed by atoms with van der Waals surface area (Å²) in [5.74, 6) is 0.679. The van der Waals surface area contributed by atoms with E-state index in [0.29, 0.717) is 11.4 Å². The summed E-state index contributed by atoms with van der Waals surface area (Å²) in [5, 5.41) is 3.42. The van der Waals surface area contributed by atoms with Crippen molar-refractivity contribution in [2.45, 2.75) is 0 Å². The first-order valence-electron chi connectivity index (χ1n) is 3.63.